The molecule has 304 valence electrons. The zero-order chi connectivity index (χ0) is 41.4. The van der Waals surface area contributed by atoms with Crippen LogP contribution in [-0.2, 0) is 38.3 Å². The van der Waals surface area contributed by atoms with Crippen molar-refractivity contribution in [2.45, 2.75) is 41.2 Å². The van der Waals surface area contributed by atoms with Crippen LogP contribution in [0.3, 0.4) is 0 Å². The summed E-state index contributed by atoms with van der Waals surface area (Å²) in [7, 11) is 0. The SMILES string of the molecule is Nc1nc(/C(=N/OC2(C(=O)O)CCOCC2)C(=O)NC2C(=O)N3C[C@@](C(=O)O)(N4CCN(NC(=O)CCNC(=O)C(=O)c5ccc(O)c(O)c5Cl)C4=O)S[C@H]23)cs1. The number of amides is 6. The van der Waals surface area contributed by atoms with E-state index >= 15 is 0 Å². The van der Waals surface area contributed by atoms with Crippen LogP contribution in [0.15, 0.2) is 22.7 Å². The number of nitrogen functional groups attached to an aromatic ring is 1. The van der Waals surface area contributed by atoms with Gasteiger partial charge in [-0.2, -0.15) is 0 Å². The number of carbonyl (C=O) groups is 8. The molecule has 0 radical (unpaired) electrons. The number of β-lactam (4-membered cyclic amide) rings is 1. The molecular weight excluding hydrogens is 822 g/mol. The molecule has 5 heterocycles. The lowest BCUT2D eigenvalue weighted by molar-refractivity contribution is -0.178. The maximum absolute atomic E-state index is 13.6. The Kier molecular flexibility index (Phi) is 11.4. The maximum atomic E-state index is 13.6. The van der Waals surface area contributed by atoms with Gasteiger partial charge in [0.1, 0.15) is 17.1 Å². The fourth-order valence-corrected chi connectivity index (χ4v) is 8.63. The third kappa shape index (κ3) is 7.64. The van der Waals surface area contributed by atoms with E-state index in [0.29, 0.717) is 11.8 Å². The summed E-state index contributed by atoms with van der Waals surface area (Å²) in [5, 5.41) is 48.7. The number of aromatic nitrogens is 1. The van der Waals surface area contributed by atoms with Crippen LogP contribution in [0.1, 0.15) is 35.3 Å². The smallest absolute Gasteiger partial charge is 0.351 e. The number of phenolic OH excluding ortho intramolecular Hbond substituents is 2. The van der Waals surface area contributed by atoms with Gasteiger partial charge in [0.15, 0.2) is 22.3 Å². The van der Waals surface area contributed by atoms with E-state index in [9.17, 15) is 58.8 Å². The second-order valence-electron chi connectivity index (χ2n) is 12.8. The molecule has 23 nitrogen and oxygen atoms in total. The van der Waals surface area contributed by atoms with Crippen LogP contribution in [-0.4, -0.2) is 155 Å². The van der Waals surface area contributed by atoms with Crippen LogP contribution in [0, 0.1) is 0 Å². The number of nitrogens with two attached hydrogens (primary N) is 1. The number of thiazole rings is 1. The Morgan fingerprint density at radius 2 is 1.79 bits per heavy atom. The molecule has 0 saturated carbocycles. The van der Waals surface area contributed by atoms with E-state index < -0.39 is 110 Å². The van der Waals surface area contributed by atoms with Gasteiger partial charge in [0.05, 0.1) is 36.9 Å². The predicted octanol–water partition coefficient (Wildman–Crippen LogP) is -1.52. The topological polar surface area (TPSA) is 333 Å². The number of Topliss-reactive ketones (excluding diaryl/α,β-unsaturated/α-hetero) is 1. The van der Waals surface area contributed by atoms with Gasteiger partial charge in [-0.3, -0.25) is 34.3 Å². The van der Waals surface area contributed by atoms with Gasteiger partial charge in [-0.15, -0.1) is 11.3 Å². The highest BCUT2D eigenvalue weighted by molar-refractivity contribution is 8.02. The fraction of sp³-hybridized carbons (Fsp3) is 0.419. The molecule has 6 rings (SSSR count). The lowest BCUT2D eigenvalue weighted by Gasteiger charge is -2.41. The summed E-state index contributed by atoms with van der Waals surface area (Å²) in [5.74, 6) is -9.06. The number of carbonyl (C=O) groups excluding carboxylic acids is 6. The van der Waals surface area contributed by atoms with Crippen LogP contribution in [0.2, 0.25) is 5.02 Å². The number of hydrogen-bond donors (Lipinski definition) is 8. The third-order valence-corrected chi connectivity index (χ3v) is 12.1. The number of hydrogen-bond acceptors (Lipinski definition) is 17. The molecule has 6 amide bonds. The molecule has 4 saturated heterocycles. The number of nitrogens with one attached hydrogen (secondary N) is 3. The van der Waals surface area contributed by atoms with Gasteiger partial charge >= 0.3 is 18.0 Å². The zero-order valence-corrected chi connectivity index (χ0v) is 31.5. The molecule has 0 spiro atoms. The van der Waals surface area contributed by atoms with Gasteiger partial charge in [-0.05, 0) is 12.1 Å². The van der Waals surface area contributed by atoms with E-state index in [1.165, 1.54) is 5.38 Å². The number of rotatable bonds is 14. The molecule has 57 heavy (non-hydrogen) atoms. The highest BCUT2D eigenvalue weighted by atomic mass is 35.5. The van der Waals surface area contributed by atoms with E-state index in [-0.39, 0.29) is 56.5 Å². The first-order valence-electron chi connectivity index (χ1n) is 16.7. The monoisotopic (exact) mass is 853 g/mol. The number of thioether (sulfide) groups is 1. The molecule has 1 unspecified atom stereocenters. The standard InChI is InChI=1S/C31H32ClN9O14S2/c32-17-13(1-2-15(42)21(17)45)20(44)23(47)34-6-3-16(43)37-41-8-7-40(29(41)53)31(27(51)52)12-39-24(48)19(25(39)57-31)36-22(46)18(14-11-56-28(33)35-14)38-55-30(26(49)50)4-9-54-10-5-30/h1-2,11,19,25,42,45H,3-10,12H2,(H2,33,35)(H,34,47)(H,36,46)(H,37,43)(H,49,50)(H,51,52)/b38-18-/t19?,25-,31-/m1/s1. The van der Waals surface area contributed by atoms with E-state index in [1.54, 1.807) is 0 Å². The Hall–Kier alpha value is -5.92. The Balaban J connectivity index is 1.07. The highest BCUT2D eigenvalue weighted by Gasteiger charge is 2.66. The summed E-state index contributed by atoms with van der Waals surface area (Å²) in [6.45, 7) is -1.11. The van der Waals surface area contributed by atoms with E-state index in [1.807, 2.05) is 0 Å². The quantitative estimate of drug-likeness (QED) is 0.0267. The van der Waals surface area contributed by atoms with Crippen molar-refractivity contribution in [2.24, 2.45) is 5.16 Å². The zero-order valence-electron chi connectivity index (χ0n) is 29.1. The highest BCUT2D eigenvalue weighted by Crippen LogP contribution is 2.49. The first-order valence-corrected chi connectivity index (χ1v) is 18.9. The predicted molar refractivity (Wildman–Crippen MR) is 194 cm³/mol. The van der Waals surface area contributed by atoms with Crippen LogP contribution in [0.25, 0.3) is 0 Å². The molecule has 0 aliphatic carbocycles. The Morgan fingerprint density at radius 3 is 2.44 bits per heavy atom. The number of anilines is 1. The van der Waals surface area contributed by atoms with Crippen LogP contribution >= 0.6 is 34.7 Å². The number of aromatic hydroxyl groups is 2. The van der Waals surface area contributed by atoms with Crippen molar-refractivity contribution in [1.82, 2.24) is 35.9 Å². The fourth-order valence-electron chi connectivity index (χ4n) is 6.20. The molecule has 1 aromatic heterocycles. The number of halogens is 1. The molecule has 4 aliphatic heterocycles. The number of aliphatic carboxylic acids is 2. The number of benzene rings is 1. The molecule has 4 aliphatic rings. The number of phenols is 2. The number of carboxylic acid groups (broad SMARTS) is 2. The number of hydrazine groups is 1. The van der Waals surface area contributed by atoms with Crippen molar-refractivity contribution in [3.05, 3.63) is 33.8 Å². The summed E-state index contributed by atoms with van der Waals surface area (Å²) < 4.78 is 5.23. The van der Waals surface area contributed by atoms with E-state index in [4.69, 9.17) is 26.9 Å². The Labute approximate surface area is 333 Å². The van der Waals surface area contributed by atoms with Gasteiger partial charge in [-0.25, -0.2) is 24.4 Å². The molecule has 2 aromatic rings. The molecular formula is C31H32ClN9O14S2. The number of urea groups is 1. The normalized spacial score (nSPS) is 22.7. The van der Waals surface area contributed by atoms with E-state index in [2.05, 4.69) is 26.2 Å². The number of ketones is 1. The van der Waals surface area contributed by atoms with Gasteiger partial charge in [0, 0.05) is 37.7 Å². The summed E-state index contributed by atoms with van der Waals surface area (Å²) >= 11 is 7.49. The van der Waals surface area contributed by atoms with Gasteiger partial charge in [-0.1, -0.05) is 28.5 Å². The minimum absolute atomic E-state index is 0.0482. The number of ether oxygens (including phenoxy) is 1. The second-order valence-corrected chi connectivity index (χ2v) is 15.4. The van der Waals surface area contributed by atoms with Gasteiger partial charge in [0.2, 0.25) is 22.3 Å². The average molecular weight is 854 g/mol. The molecule has 3 atom stereocenters. The Bertz CT molecular complexity index is 2100. The third-order valence-electron chi connectivity index (χ3n) is 9.33. The van der Waals surface area contributed by atoms with Crippen molar-refractivity contribution >= 4 is 92.9 Å². The van der Waals surface area contributed by atoms with Crippen LogP contribution in [0.4, 0.5) is 9.93 Å². The number of carboxylic acids is 2. The lowest BCUT2D eigenvalue weighted by atomic mass is 9.95. The molecule has 0 bridgehead atoms. The number of oxime groups is 1. The second kappa shape index (κ2) is 15.9. The van der Waals surface area contributed by atoms with Crippen molar-refractivity contribution in [1.29, 1.82) is 0 Å². The van der Waals surface area contributed by atoms with Crippen molar-refractivity contribution in [2.75, 3.05) is 45.1 Å². The largest absolute Gasteiger partial charge is 0.504 e. The van der Waals surface area contributed by atoms with Gasteiger partial charge in [0.25, 0.3) is 17.6 Å². The van der Waals surface area contributed by atoms with Crippen molar-refractivity contribution in [3.63, 3.8) is 0 Å². The minimum atomic E-state index is -2.05. The number of fused-ring (bicyclic) bond motifs is 1. The van der Waals surface area contributed by atoms with Crippen LogP contribution < -0.4 is 21.8 Å². The first-order chi connectivity index (χ1) is 27.0. The molecule has 4 fully saturated rings. The molecule has 26 heteroatoms. The molecule has 9 N–H and O–H groups in total. The summed E-state index contributed by atoms with van der Waals surface area (Å²) in [6, 6.07) is -0.260. The van der Waals surface area contributed by atoms with Gasteiger partial charge < -0.3 is 51.3 Å². The maximum Gasteiger partial charge on any atom is 0.351 e. The van der Waals surface area contributed by atoms with Crippen LogP contribution in [0.5, 0.6) is 11.5 Å². The average Bonchev–Trinajstić information content (AvgIpc) is 3.88. The van der Waals surface area contributed by atoms with Crippen molar-refractivity contribution in [3.8, 4) is 11.5 Å². The van der Waals surface area contributed by atoms with E-state index in [0.717, 1.165) is 38.3 Å². The Morgan fingerprint density at radius 1 is 1.07 bits per heavy atom. The number of nitrogens with zero attached hydrogens (tertiary/aromatic N) is 5. The molecule has 1 aromatic carbocycles. The summed E-state index contributed by atoms with van der Waals surface area (Å²) in [4.78, 5) is 112. The lowest BCUT2D eigenvalue weighted by Crippen LogP contribution is -2.68. The summed E-state index contributed by atoms with van der Waals surface area (Å²) in [5.41, 5.74) is 5.28. The first kappa shape index (κ1) is 40.7. The minimum Gasteiger partial charge on any atom is -0.504 e. The summed E-state index contributed by atoms with van der Waals surface area (Å²) in [6.07, 6.45) is -0.582. The van der Waals surface area contributed by atoms with Crippen molar-refractivity contribution < 1.29 is 68.4 Å².